The van der Waals surface area contributed by atoms with Gasteiger partial charge in [0.25, 0.3) is 0 Å². The highest BCUT2D eigenvalue weighted by Crippen LogP contribution is 2.16. The number of ether oxygens (including phenoxy) is 1. The van der Waals surface area contributed by atoms with Crippen molar-refractivity contribution in [2.24, 2.45) is 10.1 Å². The molecule has 0 saturated heterocycles. The molecular weight excluding hydrogens is 371 g/mol. The number of nitrogens with zero attached hydrogens (tertiary/aromatic N) is 1. The summed E-state index contributed by atoms with van der Waals surface area (Å²) < 4.78 is 42.0. The van der Waals surface area contributed by atoms with Crippen LogP contribution in [0.15, 0.2) is 58.4 Å². The topological polar surface area (TPSA) is 106 Å². The molecule has 4 N–H and O–H groups in total. The Hall–Kier alpha value is -2.65. The lowest BCUT2D eigenvalue weighted by Crippen LogP contribution is -2.41. The predicted molar refractivity (Wildman–Crippen MR) is 103 cm³/mol. The van der Waals surface area contributed by atoms with Gasteiger partial charge in [0.05, 0.1) is 11.4 Å². The van der Waals surface area contributed by atoms with Crippen molar-refractivity contribution in [3.8, 4) is 5.75 Å². The average molecular weight is 394 g/mol. The number of halogens is 1. The minimum atomic E-state index is -3.75. The summed E-state index contributed by atoms with van der Waals surface area (Å²) in [5.41, 5.74) is 0.736. The Labute approximate surface area is 158 Å². The van der Waals surface area contributed by atoms with Crippen molar-refractivity contribution in [2.75, 3.05) is 13.6 Å². The van der Waals surface area contributed by atoms with Crippen LogP contribution < -0.4 is 20.5 Å². The third kappa shape index (κ3) is 6.54. The zero-order chi connectivity index (χ0) is 19.9. The van der Waals surface area contributed by atoms with E-state index in [9.17, 15) is 12.8 Å². The van der Waals surface area contributed by atoms with Gasteiger partial charge in [0.15, 0.2) is 17.5 Å². The highest BCUT2D eigenvalue weighted by Gasteiger charge is 2.10. The fourth-order valence-electron chi connectivity index (χ4n) is 2.28. The number of primary sulfonamides is 1. The van der Waals surface area contributed by atoms with Gasteiger partial charge in [-0.1, -0.05) is 24.3 Å². The number of nitrogens with one attached hydrogen (secondary N) is 2. The Morgan fingerprint density at radius 3 is 2.63 bits per heavy atom. The number of hydrogen-bond acceptors (Lipinski definition) is 4. The van der Waals surface area contributed by atoms with Gasteiger partial charge in [-0.3, -0.25) is 4.99 Å². The Bertz CT molecular complexity index is 903. The van der Waals surface area contributed by atoms with E-state index < -0.39 is 15.8 Å². The van der Waals surface area contributed by atoms with Crippen LogP contribution in [0.5, 0.6) is 5.75 Å². The molecule has 146 valence electrons. The monoisotopic (exact) mass is 394 g/mol. The molecule has 0 fully saturated rings. The Balaban J connectivity index is 1.87. The zero-order valence-electron chi connectivity index (χ0n) is 15.1. The van der Waals surface area contributed by atoms with Gasteiger partial charge in [0.2, 0.25) is 10.0 Å². The number of sulfonamides is 1. The summed E-state index contributed by atoms with van der Waals surface area (Å²) in [6.45, 7) is 2.55. The van der Waals surface area contributed by atoms with E-state index >= 15 is 0 Å². The first-order valence-electron chi connectivity index (χ1n) is 8.27. The molecule has 1 atom stereocenters. The summed E-state index contributed by atoms with van der Waals surface area (Å²) in [6.07, 6.45) is -0.300. The van der Waals surface area contributed by atoms with Crippen LogP contribution in [-0.2, 0) is 16.6 Å². The molecule has 0 aliphatic heterocycles. The molecule has 7 nitrogen and oxygen atoms in total. The third-order valence-electron chi connectivity index (χ3n) is 3.63. The van der Waals surface area contributed by atoms with Gasteiger partial charge >= 0.3 is 0 Å². The minimum absolute atomic E-state index is 0.0525. The molecule has 0 aromatic heterocycles. The lowest BCUT2D eigenvalue weighted by atomic mass is 10.2. The number of guanidine groups is 1. The lowest BCUT2D eigenvalue weighted by molar-refractivity contribution is 0.214. The average Bonchev–Trinajstić information content (AvgIpc) is 2.63. The summed E-state index contributed by atoms with van der Waals surface area (Å²) in [7, 11) is -2.14. The quantitative estimate of drug-likeness (QED) is 0.489. The highest BCUT2D eigenvalue weighted by molar-refractivity contribution is 7.89. The highest BCUT2D eigenvalue weighted by atomic mass is 32.2. The van der Waals surface area contributed by atoms with E-state index in [-0.39, 0.29) is 16.7 Å². The number of benzene rings is 2. The van der Waals surface area contributed by atoms with E-state index in [1.807, 2.05) is 6.92 Å². The van der Waals surface area contributed by atoms with E-state index in [1.165, 1.54) is 18.2 Å². The summed E-state index contributed by atoms with van der Waals surface area (Å²) in [4.78, 5) is 4.15. The van der Waals surface area contributed by atoms with Gasteiger partial charge in [-0.2, -0.15) is 0 Å². The van der Waals surface area contributed by atoms with Crippen molar-refractivity contribution in [3.63, 3.8) is 0 Å². The molecular formula is C18H23FN4O3S. The van der Waals surface area contributed by atoms with Crippen LogP contribution in [0.3, 0.4) is 0 Å². The van der Waals surface area contributed by atoms with Crippen molar-refractivity contribution in [3.05, 3.63) is 59.9 Å². The van der Waals surface area contributed by atoms with Crippen LogP contribution >= 0.6 is 0 Å². The molecule has 27 heavy (non-hydrogen) atoms. The second-order valence-corrected chi connectivity index (χ2v) is 7.42. The number of nitrogens with two attached hydrogens (primary N) is 1. The molecule has 2 rings (SSSR count). The number of aliphatic imine (C=N–C) groups is 1. The van der Waals surface area contributed by atoms with Gasteiger partial charge in [0.1, 0.15) is 6.10 Å². The SMILES string of the molecule is CN=C(NCc1cccc(S(N)(=O)=O)c1)NCC(C)Oc1ccccc1F. The number of rotatable bonds is 7. The van der Waals surface area contributed by atoms with Gasteiger partial charge in [-0.25, -0.2) is 17.9 Å². The van der Waals surface area contributed by atoms with E-state index in [1.54, 1.807) is 37.4 Å². The first kappa shape index (κ1) is 20.7. The molecule has 0 spiro atoms. The Morgan fingerprint density at radius 1 is 1.22 bits per heavy atom. The molecule has 0 heterocycles. The summed E-state index contributed by atoms with van der Waals surface area (Å²) >= 11 is 0. The van der Waals surface area contributed by atoms with Crippen LogP contribution in [-0.4, -0.2) is 34.1 Å². The first-order valence-corrected chi connectivity index (χ1v) is 9.81. The Morgan fingerprint density at radius 2 is 1.96 bits per heavy atom. The summed E-state index contributed by atoms with van der Waals surface area (Å²) in [5, 5.41) is 11.3. The van der Waals surface area contributed by atoms with Crippen LogP contribution in [0.2, 0.25) is 0 Å². The maximum Gasteiger partial charge on any atom is 0.238 e. The first-order chi connectivity index (χ1) is 12.8. The molecule has 1 unspecified atom stereocenters. The van der Waals surface area contributed by atoms with Gasteiger partial charge in [0, 0.05) is 13.6 Å². The summed E-state index contributed by atoms with van der Waals surface area (Å²) in [5.74, 6) is 0.274. The zero-order valence-corrected chi connectivity index (χ0v) is 16.0. The molecule has 9 heteroatoms. The van der Waals surface area contributed by atoms with Crippen molar-refractivity contribution in [2.45, 2.75) is 24.5 Å². The van der Waals surface area contributed by atoms with Gasteiger partial charge in [-0.15, -0.1) is 0 Å². The van der Waals surface area contributed by atoms with E-state index in [4.69, 9.17) is 9.88 Å². The molecule has 0 saturated carbocycles. The van der Waals surface area contributed by atoms with Crippen molar-refractivity contribution < 1.29 is 17.5 Å². The largest absolute Gasteiger partial charge is 0.486 e. The third-order valence-corrected chi connectivity index (χ3v) is 4.54. The van der Waals surface area contributed by atoms with Crippen molar-refractivity contribution in [1.29, 1.82) is 0 Å². The fraction of sp³-hybridized carbons (Fsp3) is 0.278. The van der Waals surface area contributed by atoms with E-state index in [0.29, 0.717) is 19.0 Å². The maximum absolute atomic E-state index is 13.6. The summed E-state index contributed by atoms with van der Waals surface area (Å²) in [6, 6.07) is 12.5. The van der Waals surface area contributed by atoms with E-state index in [2.05, 4.69) is 15.6 Å². The minimum Gasteiger partial charge on any atom is -0.486 e. The number of para-hydroxylation sites is 1. The second kappa shape index (κ2) is 9.33. The fourth-order valence-corrected chi connectivity index (χ4v) is 2.86. The smallest absolute Gasteiger partial charge is 0.238 e. The second-order valence-electron chi connectivity index (χ2n) is 5.86. The van der Waals surface area contributed by atoms with Crippen LogP contribution in [0.4, 0.5) is 4.39 Å². The molecule has 0 bridgehead atoms. The maximum atomic E-state index is 13.6. The van der Waals surface area contributed by atoms with Crippen molar-refractivity contribution >= 4 is 16.0 Å². The molecule has 0 radical (unpaired) electrons. The Kier molecular flexibility index (Phi) is 7.14. The van der Waals surface area contributed by atoms with Crippen molar-refractivity contribution in [1.82, 2.24) is 10.6 Å². The number of hydrogen-bond donors (Lipinski definition) is 3. The molecule has 0 aliphatic carbocycles. The predicted octanol–water partition coefficient (Wildman–Crippen LogP) is 1.61. The molecule has 0 amide bonds. The standard InChI is InChI=1S/C18H23FN4O3S/c1-13(26-17-9-4-3-8-16(17)19)11-22-18(21-2)23-12-14-6-5-7-15(10-14)27(20,24)25/h3-10,13H,11-12H2,1-2H3,(H2,20,24,25)(H2,21,22,23). The molecule has 2 aromatic carbocycles. The van der Waals surface area contributed by atoms with Gasteiger partial charge < -0.3 is 15.4 Å². The molecule has 0 aliphatic rings. The van der Waals surface area contributed by atoms with Crippen LogP contribution in [0.1, 0.15) is 12.5 Å². The normalized spacial score (nSPS) is 13.1. The lowest BCUT2D eigenvalue weighted by Gasteiger charge is -2.18. The van der Waals surface area contributed by atoms with Crippen LogP contribution in [0, 0.1) is 5.82 Å². The molecule has 2 aromatic rings. The van der Waals surface area contributed by atoms with Gasteiger partial charge in [-0.05, 0) is 36.8 Å². The van der Waals surface area contributed by atoms with E-state index in [0.717, 1.165) is 5.56 Å². The van der Waals surface area contributed by atoms with Crippen LogP contribution in [0.25, 0.3) is 0 Å².